The quantitative estimate of drug-likeness (QED) is 0.806. The third-order valence-electron chi connectivity index (χ3n) is 4.90. The number of H-pyrrole nitrogens is 1. The molecule has 3 aromatic rings. The van der Waals surface area contributed by atoms with Crippen LogP contribution in [-0.2, 0) is 13.0 Å². The van der Waals surface area contributed by atoms with Gasteiger partial charge < -0.3 is 9.38 Å². The van der Waals surface area contributed by atoms with E-state index in [9.17, 15) is 0 Å². The van der Waals surface area contributed by atoms with E-state index in [4.69, 9.17) is 0 Å². The number of aromatic amines is 1. The van der Waals surface area contributed by atoms with E-state index >= 15 is 0 Å². The van der Waals surface area contributed by atoms with Gasteiger partial charge in [0, 0.05) is 37.0 Å². The highest BCUT2D eigenvalue weighted by atomic mass is 15.1. The summed E-state index contributed by atoms with van der Waals surface area (Å²) in [5.74, 6) is 0.732. The molecule has 0 saturated carbocycles. The van der Waals surface area contributed by atoms with Gasteiger partial charge in [0.15, 0.2) is 0 Å². The Hall–Kier alpha value is -2.14. The number of fused-ring (bicyclic) bond motifs is 1. The molecule has 0 aromatic carbocycles. The van der Waals surface area contributed by atoms with Crippen molar-refractivity contribution in [3.63, 3.8) is 0 Å². The maximum atomic E-state index is 4.64. The summed E-state index contributed by atoms with van der Waals surface area (Å²) in [5.41, 5.74) is 3.71. The number of hydrogen-bond donors (Lipinski definition) is 1. The van der Waals surface area contributed by atoms with E-state index < -0.39 is 0 Å². The van der Waals surface area contributed by atoms with Crippen molar-refractivity contribution in [1.82, 2.24) is 24.3 Å². The van der Waals surface area contributed by atoms with Crippen LogP contribution in [0, 0.1) is 5.92 Å². The predicted molar refractivity (Wildman–Crippen MR) is 90.1 cm³/mol. The summed E-state index contributed by atoms with van der Waals surface area (Å²) in [6, 6.07) is 4.27. The molecule has 5 heteroatoms. The standard InChI is InChI=1S/C18H23N5/c1-3-15(5-9-22(7-1)13-16-12-19-14-21-16)11-17-18-4-2-8-23(18)10-6-20-17/h2,4,6,8,10,12,14-15H,1,3,5,7,9,11,13H2,(H,19,21)/t15-/m0/s1. The lowest BCUT2D eigenvalue weighted by molar-refractivity contribution is 0.269. The number of imidazole rings is 1. The molecular weight excluding hydrogens is 286 g/mol. The van der Waals surface area contributed by atoms with Gasteiger partial charge in [-0.25, -0.2) is 4.98 Å². The van der Waals surface area contributed by atoms with Crippen LogP contribution in [0.2, 0.25) is 0 Å². The minimum atomic E-state index is 0.732. The highest BCUT2D eigenvalue weighted by molar-refractivity contribution is 5.52. The second kappa shape index (κ2) is 6.54. The summed E-state index contributed by atoms with van der Waals surface area (Å²) in [7, 11) is 0. The fourth-order valence-electron chi connectivity index (χ4n) is 3.66. The number of hydrogen-bond acceptors (Lipinski definition) is 3. The Bertz CT molecular complexity index is 746. The summed E-state index contributed by atoms with van der Waals surface area (Å²) in [6.07, 6.45) is 14.6. The Morgan fingerprint density at radius 3 is 3.13 bits per heavy atom. The van der Waals surface area contributed by atoms with Gasteiger partial charge in [-0.1, -0.05) is 0 Å². The Morgan fingerprint density at radius 1 is 1.22 bits per heavy atom. The van der Waals surface area contributed by atoms with Gasteiger partial charge in [-0.3, -0.25) is 9.88 Å². The molecule has 0 aliphatic carbocycles. The molecule has 120 valence electrons. The van der Waals surface area contributed by atoms with Crippen molar-refractivity contribution < 1.29 is 0 Å². The van der Waals surface area contributed by atoms with Crippen LogP contribution in [0.15, 0.2) is 43.2 Å². The van der Waals surface area contributed by atoms with E-state index in [1.165, 1.54) is 42.7 Å². The van der Waals surface area contributed by atoms with Gasteiger partial charge in [-0.2, -0.15) is 0 Å². The van der Waals surface area contributed by atoms with E-state index in [1.54, 1.807) is 6.33 Å². The van der Waals surface area contributed by atoms with Crippen molar-refractivity contribution in [2.45, 2.75) is 32.2 Å². The number of nitrogens with one attached hydrogen (secondary N) is 1. The minimum absolute atomic E-state index is 0.732. The van der Waals surface area contributed by atoms with E-state index in [0.717, 1.165) is 25.4 Å². The number of aromatic nitrogens is 4. The summed E-state index contributed by atoms with van der Waals surface area (Å²) in [5, 5.41) is 0. The molecular formula is C18H23N5. The molecule has 0 spiro atoms. The average Bonchev–Trinajstić information content (AvgIpc) is 3.19. The molecule has 1 aliphatic rings. The lowest BCUT2D eigenvalue weighted by atomic mass is 9.95. The van der Waals surface area contributed by atoms with Crippen molar-refractivity contribution in [3.05, 3.63) is 54.6 Å². The SMILES string of the molecule is c1cc2c(C[C@H]3CCCN(Cc4cnc[nH]4)CC3)nccn2c1. The van der Waals surface area contributed by atoms with Crippen molar-refractivity contribution in [2.75, 3.05) is 13.1 Å². The van der Waals surface area contributed by atoms with E-state index in [2.05, 4.69) is 42.6 Å². The second-order valence-corrected chi connectivity index (χ2v) is 6.53. The van der Waals surface area contributed by atoms with Crippen LogP contribution < -0.4 is 0 Å². The summed E-state index contributed by atoms with van der Waals surface area (Å²) in [4.78, 5) is 14.5. The smallest absolute Gasteiger partial charge is 0.0922 e. The fourth-order valence-corrected chi connectivity index (χ4v) is 3.66. The predicted octanol–water partition coefficient (Wildman–Crippen LogP) is 2.90. The normalized spacial score (nSPS) is 19.9. The highest BCUT2D eigenvalue weighted by Gasteiger charge is 2.19. The molecule has 23 heavy (non-hydrogen) atoms. The molecule has 0 unspecified atom stereocenters. The Labute approximate surface area is 136 Å². The van der Waals surface area contributed by atoms with Crippen LogP contribution >= 0.6 is 0 Å². The molecule has 1 fully saturated rings. The molecule has 3 aromatic heterocycles. The van der Waals surface area contributed by atoms with Gasteiger partial charge >= 0.3 is 0 Å². The monoisotopic (exact) mass is 309 g/mol. The first kappa shape index (κ1) is 14.5. The van der Waals surface area contributed by atoms with Gasteiger partial charge in [0.2, 0.25) is 0 Å². The van der Waals surface area contributed by atoms with Crippen LogP contribution in [0.4, 0.5) is 0 Å². The van der Waals surface area contributed by atoms with Crippen molar-refractivity contribution in [2.24, 2.45) is 5.92 Å². The van der Waals surface area contributed by atoms with Gasteiger partial charge in [0.1, 0.15) is 0 Å². The number of nitrogens with zero attached hydrogens (tertiary/aromatic N) is 4. The molecule has 0 radical (unpaired) electrons. The fraction of sp³-hybridized carbons (Fsp3) is 0.444. The molecule has 0 bridgehead atoms. The molecule has 0 amide bonds. The Balaban J connectivity index is 1.40. The first-order valence-corrected chi connectivity index (χ1v) is 8.48. The molecule has 4 heterocycles. The van der Waals surface area contributed by atoms with Crippen molar-refractivity contribution in [1.29, 1.82) is 0 Å². The zero-order valence-electron chi connectivity index (χ0n) is 13.4. The van der Waals surface area contributed by atoms with Gasteiger partial charge in [0.05, 0.1) is 17.5 Å². The maximum Gasteiger partial charge on any atom is 0.0922 e. The maximum absolute atomic E-state index is 4.64. The highest BCUT2D eigenvalue weighted by Crippen LogP contribution is 2.23. The first-order valence-electron chi connectivity index (χ1n) is 8.48. The number of likely N-dealkylation sites (tertiary alicyclic amines) is 1. The third kappa shape index (κ3) is 3.29. The van der Waals surface area contributed by atoms with Gasteiger partial charge in [-0.15, -0.1) is 0 Å². The minimum Gasteiger partial charge on any atom is -0.347 e. The zero-order valence-corrected chi connectivity index (χ0v) is 13.4. The third-order valence-corrected chi connectivity index (χ3v) is 4.90. The largest absolute Gasteiger partial charge is 0.347 e. The van der Waals surface area contributed by atoms with Crippen LogP contribution in [-0.4, -0.2) is 37.3 Å². The molecule has 5 nitrogen and oxygen atoms in total. The summed E-state index contributed by atoms with van der Waals surface area (Å²) < 4.78 is 2.17. The lowest BCUT2D eigenvalue weighted by Gasteiger charge is -2.19. The van der Waals surface area contributed by atoms with Crippen LogP contribution in [0.25, 0.3) is 5.52 Å². The number of rotatable bonds is 4. The summed E-state index contributed by atoms with van der Waals surface area (Å²) >= 11 is 0. The lowest BCUT2D eigenvalue weighted by Crippen LogP contribution is -2.24. The Morgan fingerprint density at radius 2 is 2.22 bits per heavy atom. The van der Waals surface area contributed by atoms with Crippen molar-refractivity contribution >= 4 is 5.52 Å². The van der Waals surface area contributed by atoms with Gasteiger partial charge in [0.25, 0.3) is 0 Å². The van der Waals surface area contributed by atoms with Gasteiger partial charge in [-0.05, 0) is 56.8 Å². The first-order chi connectivity index (χ1) is 11.4. The molecule has 1 N–H and O–H groups in total. The zero-order chi connectivity index (χ0) is 15.5. The second-order valence-electron chi connectivity index (χ2n) is 6.53. The van der Waals surface area contributed by atoms with E-state index in [0.29, 0.717) is 0 Å². The van der Waals surface area contributed by atoms with E-state index in [1.807, 2.05) is 18.6 Å². The van der Waals surface area contributed by atoms with Crippen LogP contribution in [0.1, 0.15) is 30.7 Å². The van der Waals surface area contributed by atoms with Crippen LogP contribution in [0.3, 0.4) is 0 Å². The summed E-state index contributed by atoms with van der Waals surface area (Å²) in [6.45, 7) is 3.32. The topological polar surface area (TPSA) is 49.2 Å². The molecule has 4 rings (SSSR count). The molecule has 1 saturated heterocycles. The van der Waals surface area contributed by atoms with E-state index in [-0.39, 0.29) is 0 Å². The van der Waals surface area contributed by atoms with Crippen LogP contribution in [0.5, 0.6) is 0 Å². The average molecular weight is 309 g/mol. The molecule has 1 aliphatic heterocycles. The van der Waals surface area contributed by atoms with Crippen molar-refractivity contribution in [3.8, 4) is 0 Å². The Kier molecular flexibility index (Phi) is 4.11. The molecule has 1 atom stereocenters.